The molecule has 29 heavy (non-hydrogen) atoms. The smallest absolute Gasteiger partial charge is 0.383 e. The molecule has 2 aromatic heterocycles. The molecule has 156 valence electrons. The Morgan fingerprint density at radius 1 is 0.862 bits per heavy atom. The van der Waals surface area contributed by atoms with Crippen molar-refractivity contribution in [3.05, 3.63) is 46.2 Å². The van der Waals surface area contributed by atoms with Crippen LogP contribution < -0.4 is 5.73 Å². The standard InChI is InChI=1S/C15H6ClF9N4/c16-6-2-1-5(13(17,18)19)3-8(6)29-12(26)10-7(28-29)4-9(14(20,21)22)27-11(10)15(23,24)25/h1-4H,26H2. The van der Waals surface area contributed by atoms with Crippen molar-refractivity contribution in [3.63, 3.8) is 0 Å². The molecule has 14 heteroatoms. The summed E-state index contributed by atoms with van der Waals surface area (Å²) in [5.41, 5.74) is -0.938. The van der Waals surface area contributed by atoms with Crippen molar-refractivity contribution in [2.45, 2.75) is 18.5 Å². The highest BCUT2D eigenvalue weighted by Crippen LogP contribution is 2.41. The molecule has 3 rings (SSSR count). The molecular formula is C15H6ClF9N4. The zero-order valence-corrected chi connectivity index (χ0v) is 14.3. The molecule has 2 N–H and O–H groups in total. The van der Waals surface area contributed by atoms with Crippen LogP contribution in [0, 0.1) is 0 Å². The van der Waals surface area contributed by atoms with E-state index in [2.05, 4.69) is 10.1 Å². The van der Waals surface area contributed by atoms with Crippen LogP contribution in [0.25, 0.3) is 16.6 Å². The van der Waals surface area contributed by atoms with Crippen LogP contribution in [0.4, 0.5) is 45.3 Å². The van der Waals surface area contributed by atoms with Gasteiger partial charge in [0.15, 0.2) is 5.69 Å². The molecule has 0 radical (unpaired) electrons. The van der Waals surface area contributed by atoms with E-state index in [4.69, 9.17) is 17.3 Å². The Morgan fingerprint density at radius 3 is 2.00 bits per heavy atom. The van der Waals surface area contributed by atoms with E-state index in [-0.39, 0.29) is 11.1 Å². The number of alkyl halides is 9. The number of nitrogens with zero attached hydrogens (tertiary/aromatic N) is 3. The molecular weight excluding hydrogens is 443 g/mol. The lowest BCUT2D eigenvalue weighted by atomic mass is 10.1. The first-order valence-electron chi connectivity index (χ1n) is 7.31. The molecule has 4 nitrogen and oxygen atoms in total. The van der Waals surface area contributed by atoms with Crippen LogP contribution in [-0.4, -0.2) is 14.8 Å². The Hall–Kier alpha value is -2.70. The fraction of sp³-hybridized carbons (Fsp3) is 0.200. The maximum Gasteiger partial charge on any atom is 0.434 e. The van der Waals surface area contributed by atoms with E-state index < -0.39 is 57.9 Å². The molecule has 2 heterocycles. The van der Waals surface area contributed by atoms with Crippen LogP contribution in [0.15, 0.2) is 24.3 Å². The van der Waals surface area contributed by atoms with Crippen molar-refractivity contribution in [1.82, 2.24) is 14.8 Å². The lowest BCUT2D eigenvalue weighted by Gasteiger charge is -2.12. The lowest BCUT2D eigenvalue weighted by Crippen LogP contribution is -2.15. The van der Waals surface area contributed by atoms with Crippen LogP contribution in [0.1, 0.15) is 17.0 Å². The fourth-order valence-electron chi connectivity index (χ4n) is 2.52. The number of anilines is 1. The first kappa shape index (κ1) is 21.0. The van der Waals surface area contributed by atoms with Crippen LogP contribution in [0.5, 0.6) is 0 Å². The minimum atomic E-state index is -5.35. The summed E-state index contributed by atoms with van der Waals surface area (Å²) in [7, 11) is 0. The molecule has 0 fully saturated rings. The number of aromatic nitrogens is 3. The summed E-state index contributed by atoms with van der Waals surface area (Å²) in [5, 5.41) is 2.13. The van der Waals surface area contributed by atoms with E-state index in [0.717, 1.165) is 6.07 Å². The summed E-state index contributed by atoms with van der Waals surface area (Å²) in [4.78, 5) is 2.59. The van der Waals surface area contributed by atoms with Gasteiger partial charge < -0.3 is 5.73 Å². The SMILES string of the molecule is Nc1c2c(C(F)(F)F)nc(C(F)(F)F)cc2nn1-c1cc(C(F)(F)F)ccc1Cl. The number of fused-ring (bicyclic) bond motifs is 1. The molecule has 0 bridgehead atoms. The number of hydrogen-bond donors (Lipinski definition) is 1. The molecule has 1 aromatic carbocycles. The molecule has 0 spiro atoms. The topological polar surface area (TPSA) is 56.7 Å². The first-order chi connectivity index (χ1) is 13.1. The number of benzene rings is 1. The molecule has 0 aliphatic rings. The summed E-state index contributed by atoms with van der Waals surface area (Å²) >= 11 is 5.81. The summed E-state index contributed by atoms with van der Waals surface area (Å²) in [6.07, 6.45) is -15.4. The third-order valence-electron chi connectivity index (χ3n) is 3.75. The van der Waals surface area contributed by atoms with Gasteiger partial charge in [-0.05, 0) is 24.3 Å². The van der Waals surface area contributed by atoms with Gasteiger partial charge in [0.25, 0.3) is 0 Å². The number of nitrogens with two attached hydrogens (primary N) is 1. The highest BCUT2D eigenvalue weighted by atomic mass is 35.5. The predicted molar refractivity (Wildman–Crippen MR) is 83.3 cm³/mol. The van der Waals surface area contributed by atoms with Gasteiger partial charge in [0.1, 0.15) is 11.5 Å². The summed E-state index contributed by atoms with van der Waals surface area (Å²) < 4.78 is 118. The molecule has 0 aliphatic carbocycles. The summed E-state index contributed by atoms with van der Waals surface area (Å²) in [5.74, 6) is -0.880. The van der Waals surface area contributed by atoms with Crippen LogP contribution in [0.2, 0.25) is 5.02 Å². The zero-order chi connectivity index (χ0) is 21.9. The van der Waals surface area contributed by atoms with Gasteiger partial charge in [0, 0.05) is 0 Å². The van der Waals surface area contributed by atoms with Gasteiger partial charge in [0.2, 0.25) is 0 Å². The van der Waals surface area contributed by atoms with Crippen molar-refractivity contribution in [2.24, 2.45) is 0 Å². The molecule has 0 saturated carbocycles. The second kappa shape index (κ2) is 6.40. The highest BCUT2D eigenvalue weighted by molar-refractivity contribution is 6.32. The van der Waals surface area contributed by atoms with Gasteiger partial charge >= 0.3 is 18.5 Å². The largest absolute Gasteiger partial charge is 0.434 e. The van der Waals surface area contributed by atoms with Crippen molar-refractivity contribution in [2.75, 3.05) is 5.73 Å². The third kappa shape index (κ3) is 3.78. The van der Waals surface area contributed by atoms with E-state index in [9.17, 15) is 39.5 Å². The van der Waals surface area contributed by atoms with Crippen molar-refractivity contribution in [3.8, 4) is 5.69 Å². The second-order valence-corrected chi connectivity index (χ2v) is 6.11. The van der Waals surface area contributed by atoms with Crippen LogP contribution in [0.3, 0.4) is 0 Å². The number of pyridine rings is 1. The van der Waals surface area contributed by atoms with E-state index in [1.165, 1.54) is 0 Å². The monoisotopic (exact) mass is 448 g/mol. The third-order valence-corrected chi connectivity index (χ3v) is 4.07. The zero-order valence-electron chi connectivity index (χ0n) is 13.5. The van der Waals surface area contributed by atoms with Gasteiger partial charge in [-0.25, -0.2) is 9.67 Å². The van der Waals surface area contributed by atoms with E-state index >= 15 is 0 Å². The normalized spacial score (nSPS) is 13.3. The average molecular weight is 449 g/mol. The first-order valence-corrected chi connectivity index (χ1v) is 7.69. The van der Waals surface area contributed by atoms with Gasteiger partial charge in [-0.1, -0.05) is 11.6 Å². The number of halogens is 10. The molecule has 0 unspecified atom stereocenters. The van der Waals surface area contributed by atoms with Crippen molar-refractivity contribution >= 4 is 28.3 Å². The van der Waals surface area contributed by atoms with Gasteiger partial charge in [-0.3, -0.25) is 0 Å². The van der Waals surface area contributed by atoms with E-state index in [1.54, 1.807) is 0 Å². The Balaban J connectivity index is 2.37. The fourth-order valence-corrected chi connectivity index (χ4v) is 2.71. The van der Waals surface area contributed by atoms with E-state index in [1.807, 2.05) is 0 Å². The van der Waals surface area contributed by atoms with E-state index in [0.29, 0.717) is 16.8 Å². The van der Waals surface area contributed by atoms with Crippen LogP contribution in [-0.2, 0) is 18.5 Å². The molecule has 0 amide bonds. The van der Waals surface area contributed by atoms with Gasteiger partial charge in [-0.15, -0.1) is 0 Å². The highest BCUT2D eigenvalue weighted by Gasteiger charge is 2.42. The van der Waals surface area contributed by atoms with Crippen molar-refractivity contribution < 1.29 is 39.5 Å². The Bertz CT molecular complexity index is 1100. The lowest BCUT2D eigenvalue weighted by molar-refractivity contribution is -0.149. The molecule has 0 aliphatic heterocycles. The minimum absolute atomic E-state index is 0.207. The molecule has 3 aromatic rings. The Morgan fingerprint density at radius 2 is 1.48 bits per heavy atom. The molecule has 0 atom stereocenters. The van der Waals surface area contributed by atoms with Gasteiger partial charge in [-0.2, -0.15) is 44.6 Å². The van der Waals surface area contributed by atoms with Gasteiger partial charge in [0.05, 0.1) is 27.2 Å². The number of nitrogen functional groups attached to an aromatic ring is 1. The minimum Gasteiger partial charge on any atom is -0.383 e. The molecule has 0 saturated heterocycles. The predicted octanol–water partition coefficient (Wildman–Crippen LogP) is 5.71. The van der Waals surface area contributed by atoms with Crippen molar-refractivity contribution in [1.29, 1.82) is 0 Å². The number of hydrogen-bond acceptors (Lipinski definition) is 3. The Kier molecular flexibility index (Phi) is 4.64. The second-order valence-electron chi connectivity index (χ2n) is 5.71. The van der Waals surface area contributed by atoms with Crippen LogP contribution >= 0.6 is 11.6 Å². The average Bonchev–Trinajstić information content (AvgIpc) is 2.88. The summed E-state index contributed by atoms with van der Waals surface area (Å²) in [6.45, 7) is 0. The maximum absolute atomic E-state index is 13.3. The summed E-state index contributed by atoms with van der Waals surface area (Å²) in [6, 6.07) is 2.07. The maximum atomic E-state index is 13.3. The quantitative estimate of drug-likeness (QED) is 0.485. The number of rotatable bonds is 1. The Labute approximate surface area is 159 Å².